The van der Waals surface area contributed by atoms with Crippen LogP contribution in [0.5, 0.6) is 0 Å². The fourth-order valence-electron chi connectivity index (χ4n) is 4.32. The summed E-state index contributed by atoms with van der Waals surface area (Å²) < 4.78 is 27.9. The van der Waals surface area contributed by atoms with Crippen molar-refractivity contribution in [3.63, 3.8) is 0 Å². The quantitative estimate of drug-likeness (QED) is 0.709. The highest BCUT2D eigenvalue weighted by molar-refractivity contribution is 7.89. The van der Waals surface area contributed by atoms with E-state index in [-0.39, 0.29) is 18.9 Å². The van der Waals surface area contributed by atoms with Gasteiger partial charge in [0.05, 0.1) is 4.90 Å². The number of nitrogens with zero attached hydrogens (tertiary/aromatic N) is 3. The highest BCUT2D eigenvalue weighted by Gasteiger charge is 2.22. The zero-order chi connectivity index (χ0) is 21.7. The summed E-state index contributed by atoms with van der Waals surface area (Å²) in [5.74, 6) is -0.00540. The molecule has 0 unspecified atom stereocenters. The van der Waals surface area contributed by atoms with E-state index in [2.05, 4.69) is 20.7 Å². The van der Waals surface area contributed by atoms with E-state index in [1.165, 1.54) is 11.1 Å². The highest BCUT2D eigenvalue weighted by Crippen LogP contribution is 2.24. The molecule has 0 spiro atoms. The maximum atomic E-state index is 12.6. The first-order valence-electron chi connectivity index (χ1n) is 11.0. The number of carbonyl (C=O) groups excluding carboxylic acids is 1. The number of rotatable bonds is 7. The van der Waals surface area contributed by atoms with Gasteiger partial charge in [-0.25, -0.2) is 13.1 Å². The lowest BCUT2D eigenvalue weighted by Crippen LogP contribution is -2.48. The van der Waals surface area contributed by atoms with Crippen LogP contribution in [-0.2, 0) is 34.2 Å². The van der Waals surface area contributed by atoms with Crippen molar-refractivity contribution in [1.82, 2.24) is 19.5 Å². The Morgan fingerprint density at radius 2 is 1.81 bits per heavy atom. The first kappa shape index (κ1) is 21.9. The Morgan fingerprint density at radius 3 is 2.55 bits per heavy atom. The van der Waals surface area contributed by atoms with Gasteiger partial charge >= 0.3 is 0 Å². The van der Waals surface area contributed by atoms with Crippen molar-refractivity contribution in [2.45, 2.75) is 43.5 Å². The molecule has 2 heterocycles. The van der Waals surface area contributed by atoms with Gasteiger partial charge in [0.25, 0.3) is 0 Å². The third-order valence-electron chi connectivity index (χ3n) is 6.12. The molecule has 0 atom stereocenters. The van der Waals surface area contributed by atoms with Crippen LogP contribution in [0.2, 0.25) is 0 Å². The third-order valence-corrected chi connectivity index (χ3v) is 7.57. The van der Waals surface area contributed by atoms with Crippen LogP contribution in [0.1, 0.15) is 36.0 Å². The predicted molar refractivity (Wildman–Crippen MR) is 119 cm³/mol. The summed E-state index contributed by atoms with van der Waals surface area (Å²) in [6, 6.07) is 9.38. The molecule has 8 heteroatoms. The highest BCUT2D eigenvalue weighted by atomic mass is 32.2. The number of carbonyl (C=O) groups is 1. The van der Waals surface area contributed by atoms with Crippen molar-refractivity contribution in [1.29, 1.82) is 0 Å². The second-order valence-corrected chi connectivity index (χ2v) is 10.1. The Balaban J connectivity index is 1.23. The van der Waals surface area contributed by atoms with Gasteiger partial charge in [0.2, 0.25) is 15.9 Å². The van der Waals surface area contributed by atoms with Crippen LogP contribution in [0.4, 0.5) is 0 Å². The van der Waals surface area contributed by atoms with Gasteiger partial charge in [0.1, 0.15) is 0 Å². The van der Waals surface area contributed by atoms with E-state index in [0.717, 1.165) is 50.9 Å². The Morgan fingerprint density at radius 1 is 1.03 bits per heavy atom. The molecule has 1 aromatic heterocycles. The Bertz CT molecular complexity index is 1000. The molecule has 0 radical (unpaired) electrons. The fraction of sp³-hybridized carbons (Fsp3) is 0.478. The molecule has 2 aromatic rings. The number of hydrogen-bond donors (Lipinski definition) is 1. The molecule has 31 heavy (non-hydrogen) atoms. The standard InChI is InChI=1S/C23H30N4O3S/c28-23(27-14-12-26(13-15-27)18-19-4-3-10-24-17-19)9-11-25-31(29,30)22-8-7-20-5-1-2-6-21(20)16-22/h3-4,7-8,10,16-17,25H,1-2,5-6,9,11-15,18H2. The summed E-state index contributed by atoms with van der Waals surface area (Å²) in [5.41, 5.74) is 3.55. The SMILES string of the molecule is O=C(CCNS(=O)(=O)c1ccc2c(c1)CCCC2)N1CCN(Cc2cccnc2)CC1. The number of nitrogens with one attached hydrogen (secondary N) is 1. The average Bonchev–Trinajstić information content (AvgIpc) is 2.80. The smallest absolute Gasteiger partial charge is 0.240 e. The van der Waals surface area contributed by atoms with E-state index in [1.54, 1.807) is 18.3 Å². The van der Waals surface area contributed by atoms with Crippen molar-refractivity contribution in [3.05, 3.63) is 59.4 Å². The van der Waals surface area contributed by atoms with Crippen LogP contribution in [0.3, 0.4) is 0 Å². The average molecular weight is 443 g/mol. The van der Waals surface area contributed by atoms with Gasteiger partial charge in [-0.05, 0) is 60.6 Å². The topological polar surface area (TPSA) is 82.6 Å². The lowest BCUT2D eigenvalue weighted by atomic mass is 9.92. The molecule has 1 aliphatic heterocycles. The Labute approximate surface area is 184 Å². The van der Waals surface area contributed by atoms with Gasteiger partial charge in [-0.15, -0.1) is 0 Å². The molecule has 4 rings (SSSR count). The van der Waals surface area contributed by atoms with Crippen LogP contribution in [0.15, 0.2) is 47.6 Å². The largest absolute Gasteiger partial charge is 0.340 e. The van der Waals surface area contributed by atoms with Crippen molar-refractivity contribution in [2.24, 2.45) is 0 Å². The minimum atomic E-state index is -3.60. The van der Waals surface area contributed by atoms with Gasteiger partial charge in [-0.3, -0.25) is 14.7 Å². The molecule has 2 aliphatic rings. The number of benzene rings is 1. The van der Waals surface area contributed by atoms with Crippen molar-refractivity contribution >= 4 is 15.9 Å². The summed E-state index contributed by atoms with van der Waals surface area (Å²) >= 11 is 0. The van der Waals surface area contributed by atoms with E-state index in [4.69, 9.17) is 0 Å². The van der Waals surface area contributed by atoms with Crippen LogP contribution >= 0.6 is 0 Å². The number of hydrogen-bond acceptors (Lipinski definition) is 5. The molecule has 166 valence electrons. The van der Waals surface area contributed by atoms with E-state index in [1.807, 2.05) is 23.2 Å². The molecule has 1 aromatic carbocycles. The van der Waals surface area contributed by atoms with Gasteiger partial charge in [-0.1, -0.05) is 12.1 Å². The van der Waals surface area contributed by atoms with Gasteiger partial charge in [0.15, 0.2) is 0 Å². The molecule has 1 aliphatic carbocycles. The monoisotopic (exact) mass is 442 g/mol. The maximum absolute atomic E-state index is 12.6. The molecule has 1 fully saturated rings. The zero-order valence-electron chi connectivity index (χ0n) is 17.8. The molecule has 7 nitrogen and oxygen atoms in total. The molecule has 0 bridgehead atoms. The second-order valence-electron chi connectivity index (χ2n) is 8.30. The lowest BCUT2D eigenvalue weighted by Gasteiger charge is -2.34. The van der Waals surface area contributed by atoms with Gasteiger partial charge in [-0.2, -0.15) is 0 Å². The maximum Gasteiger partial charge on any atom is 0.240 e. The normalized spacial score (nSPS) is 17.4. The molecular formula is C23H30N4O3S. The van der Waals surface area contributed by atoms with E-state index in [0.29, 0.717) is 18.0 Å². The number of fused-ring (bicyclic) bond motifs is 1. The molecule has 1 N–H and O–H groups in total. The molecule has 0 saturated carbocycles. The zero-order valence-corrected chi connectivity index (χ0v) is 18.6. The molecule has 1 amide bonds. The number of sulfonamides is 1. The number of piperazine rings is 1. The second kappa shape index (κ2) is 9.89. The summed E-state index contributed by atoms with van der Waals surface area (Å²) in [4.78, 5) is 21.1. The number of aryl methyl sites for hydroxylation is 2. The summed E-state index contributed by atoms with van der Waals surface area (Å²) in [5, 5.41) is 0. The van der Waals surface area contributed by atoms with E-state index >= 15 is 0 Å². The molecular weight excluding hydrogens is 412 g/mol. The lowest BCUT2D eigenvalue weighted by molar-refractivity contribution is -0.132. The Hall–Kier alpha value is -2.29. The summed E-state index contributed by atoms with van der Waals surface area (Å²) in [6.45, 7) is 3.89. The number of amides is 1. The minimum absolute atomic E-state index is 0.00540. The molecule has 1 saturated heterocycles. The van der Waals surface area contributed by atoms with Crippen LogP contribution in [-0.4, -0.2) is 61.8 Å². The minimum Gasteiger partial charge on any atom is -0.340 e. The number of aromatic nitrogens is 1. The predicted octanol–water partition coefficient (Wildman–Crippen LogP) is 1.97. The first-order valence-corrected chi connectivity index (χ1v) is 12.5. The van der Waals surface area contributed by atoms with Crippen molar-refractivity contribution in [3.8, 4) is 0 Å². The fourth-order valence-corrected chi connectivity index (χ4v) is 5.40. The van der Waals surface area contributed by atoms with E-state index in [9.17, 15) is 13.2 Å². The van der Waals surface area contributed by atoms with Gasteiger partial charge in [0, 0.05) is 58.1 Å². The summed E-state index contributed by atoms with van der Waals surface area (Å²) in [6.07, 6.45) is 8.03. The van der Waals surface area contributed by atoms with Crippen LogP contribution in [0, 0.1) is 0 Å². The first-order chi connectivity index (χ1) is 15.0. The summed E-state index contributed by atoms with van der Waals surface area (Å²) in [7, 11) is -3.60. The van der Waals surface area contributed by atoms with Gasteiger partial charge < -0.3 is 4.90 Å². The van der Waals surface area contributed by atoms with Crippen LogP contribution < -0.4 is 4.72 Å². The third kappa shape index (κ3) is 5.70. The Kier molecular flexibility index (Phi) is 6.99. The van der Waals surface area contributed by atoms with Crippen molar-refractivity contribution in [2.75, 3.05) is 32.7 Å². The van der Waals surface area contributed by atoms with E-state index < -0.39 is 10.0 Å². The van der Waals surface area contributed by atoms with Crippen molar-refractivity contribution < 1.29 is 13.2 Å². The number of pyridine rings is 1. The van der Waals surface area contributed by atoms with Crippen LogP contribution in [0.25, 0.3) is 0 Å².